The molecule has 2 unspecified atom stereocenters. The summed E-state index contributed by atoms with van der Waals surface area (Å²) < 4.78 is 10.7. The van der Waals surface area contributed by atoms with E-state index in [2.05, 4.69) is 22.4 Å². The average molecular weight is 375 g/mol. The van der Waals surface area contributed by atoms with E-state index in [0.717, 1.165) is 25.9 Å². The molecule has 2 atom stereocenters. The number of piperidine rings is 1. The average Bonchev–Trinajstić information content (AvgIpc) is 3.04. The van der Waals surface area contributed by atoms with Gasteiger partial charge in [-0.3, -0.25) is 4.79 Å². The predicted octanol–water partition coefficient (Wildman–Crippen LogP) is 2.57. The Morgan fingerprint density at radius 3 is 2.72 bits per heavy atom. The molecule has 25 heavy (non-hydrogen) atoms. The first-order valence-electron chi connectivity index (χ1n) is 8.90. The van der Waals surface area contributed by atoms with E-state index in [-0.39, 0.29) is 24.4 Å². The van der Waals surface area contributed by atoms with Crippen LogP contribution in [-0.2, 0) is 16.1 Å². The van der Waals surface area contributed by atoms with E-state index in [1.807, 2.05) is 13.8 Å². The van der Waals surface area contributed by atoms with E-state index in [4.69, 9.17) is 9.26 Å². The van der Waals surface area contributed by atoms with Crippen LogP contribution in [0, 0.1) is 11.8 Å². The normalized spacial score (nSPS) is 17.6. The number of hydrogen-bond donors (Lipinski definition) is 1. The second-order valence-corrected chi connectivity index (χ2v) is 6.66. The first-order valence-corrected chi connectivity index (χ1v) is 8.90. The quantitative estimate of drug-likeness (QED) is 0.753. The summed E-state index contributed by atoms with van der Waals surface area (Å²) in [6.45, 7) is 9.03. The fourth-order valence-corrected chi connectivity index (χ4v) is 3.12. The van der Waals surface area contributed by atoms with Crippen LogP contribution in [0.3, 0.4) is 0 Å². The van der Waals surface area contributed by atoms with Gasteiger partial charge in [-0.15, -0.1) is 12.4 Å². The molecule has 1 N–H and O–H groups in total. The van der Waals surface area contributed by atoms with Crippen molar-refractivity contribution in [3.05, 3.63) is 11.7 Å². The highest BCUT2D eigenvalue weighted by Gasteiger charge is 2.24. The van der Waals surface area contributed by atoms with Crippen molar-refractivity contribution in [2.75, 3.05) is 26.7 Å². The molecule has 1 aliphatic heterocycles. The van der Waals surface area contributed by atoms with Crippen molar-refractivity contribution in [2.45, 2.75) is 52.7 Å². The lowest BCUT2D eigenvalue weighted by atomic mass is 9.84. The molecule has 7 nitrogen and oxygen atoms in total. The van der Waals surface area contributed by atoms with Gasteiger partial charge in [-0.2, -0.15) is 4.98 Å². The minimum Gasteiger partial charge on any atom is -0.371 e. The van der Waals surface area contributed by atoms with Crippen molar-refractivity contribution in [2.24, 2.45) is 11.8 Å². The second kappa shape index (κ2) is 10.7. The number of carbonyl (C=O) groups is 1. The summed E-state index contributed by atoms with van der Waals surface area (Å²) in [5, 5.41) is 7.29. The molecule has 0 bridgehead atoms. The predicted molar refractivity (Wildman–Crippen MR) is 97.4 cm³/mol. The van der Waals surface area contributed by atoms with Gasteiger partial charge in [0.2, 0.25) is 11.8 Å². The molecular formula is C17H31ClN4O3. The van der Waals surface area contributed by atoms with Crippen LogP contribution in [0.2, 0.25) is 0 Å². The van der Waals surface area contributed by atoms with Crippen LogP contribution in [-0.4, -0.2) is 47.7 Å². The lowest BCUT2D eigenvalue weighted by Crippen LogP contribution is -2.34. The molecule has 0 aromatic carbocycles. The van der Waals surface area contributed by atoms with E-state index in [1.54, 1.807) is 11.9 Å². The van der Waals surface area contributed by atoms with Gasteiger partial charge in [-0.1, -0.05) is 12.1 Å². The number of aromatic nitrogens is 2. The zero-order chi connectivity index (χ0) is 17.5. The van der Waals surface area contributed by atoms with E-state index >= 15 is 0 Å². The number of amides is 1. The zero-order valence-corrected chi connectivity index (χ0v) is 16.5. The van der Waals surface area contributed by atoms with E-state index in [1.165, 1.54) is 0 Å². The van der Waals surface area contributed by atoms with Crippen molar-refractivity contribution >= 4 is 18.3 Å². The summed E-state index contributed by atoms with van der Waals surface area (Å²) in [7, 11) is 1.79. The Morgan fingerprint density at radius 1 is 1.40 bits per heavy atom. The SMILES string of the molecule is CCOC(C)c1noc(CN(C)C(=O)CC(C)C2CCNCC2)n1.Cl. The molecule has 0 saturated carbocycles. The van der Waals surface area contributed by atoms with Crippen molar-refractivity contribution in [1.29, 1.82) is 0 Å². The number of nitrogens with zero attached hydrogens (tertiary/aromatic N) is 3. The van der Waals surface area contributed by atoms with Gasteiger partial charge < -0.3 is 19.5 Å². The minimum absolute atomic E-state index is 0. The summed E-state index contributed by atoms with van der Waals surface area (Å²) in [5.74, 6) is 2.13. The zero-order valence-electron chi connectivity index (χ0n) is 15.7. The lowest BCUT2D eigenvalue weighted by Gasteiger charge is -2.28. The van der Waals surface area contributed by atoms with Gasteiger partial charge in [0.25, 0.3) is 0 Å². The molecule has 1 amide bonds. The van der Waals surface area contributed by atoms with Gasteiger partial charge >= 0.3 is 0 Å². The van der Waals surface area contributed by atoms with Gasteiger partial charge in [0.15, 0.2) is 5.82 Å². The molecule has 1 aliphatic rings. The standard InChI is InChI=1S/C17H30N4O3.ClH/c1-5-23-13(3)17-19-15(24-20-17)11-21(4)16(22)10-12(2)14-6-8-18-9-7-14;/h12-14,18H,5-11H2,1-4H3;1H. The van der Waals surface area contributed by atoms with Gasteiger partial charge in [-0.05, 0) is 51.6 Å². The monoisotopic (exact) mass is 374 g/mol. The van der Waals surface area contributed by atoms with Crippen LogP contribution in [0.1, 0.15) is 57.9 Å². The summed E-state index contributed by atoms with van der Waals surface area (Å²) in [6, 6.07) is 0. The Bertz CT molecular complexity index is 520. The van der Waals surface area contributed by atoms with Gasteiger partial charge in [0.05, 0.1) is 6.54 Å². The molecule has 1 saturated heterocycles. The number of ether oxygens (including phenoxy) is 1. The highest BCUT2D eigenvalue weighted by molar-refractivity contribution is 5.85. The molecule has 0 aliphatic carbocycles. The maximum Gasteiger partial charge on any atom is 0.246 e. The number of hydrogen-bond acceptors (Lipinski definition) is 6. The molecule has 1 fully saturated rings. The Morgan fingerprint density at radius 2 is 2.08 bits per heavy atom. The van der Waals surface area contributed by atoms with Gasteiger partial charge in [0.1, 0.15) is 6.10 Å². The lowest BCUT2D eigenvalue weighted by molar-refractivity contribution is -0.132. The topological polar surface area (TPSA) is 80.5 Å². The molecule has 8 heteroatoms. The third-order valence-electron chi connectivity index (χ3n) is 4.75. The number of halogens is 1. The molecule has 2 rings (SSSR count). The summed E-state index contributed by atoms with van der Waals surface area (Å²) in [6.07, 6.45) is 2.67. The Labute approximate surface area is 156 Å². The maximum atomic E-state index is 12.4. The Balaban J connectivity index is 0.00000312. The Hall–Kier alpha value is -1.18. The number of rotatable bonds is 8. The van der Waals surface area contributed by atoms with Crippen molar-refractivity contribution in [3.8, 4) is 0 Å². The van der Waals surface area contributed by atoms with Gasteiger partial charge in [0, 0.05) is 20.1 Å². The third-order valence-corrected chi connectivity index (χ3v) is 4.75. The van der Waals surface area contributed by atoms with Crippen molar-refractivity contribution in [3.63, 3.8) is 0 Å². The minimum atomic E-state index is -0.201. The summed E-state index contributed by atoms with van der Waals surface area (Å²) in [5.41, 5.74) is 0. The smallest absolute Gasteiger partial charge is 0.246 e. The second-order valence-electron chi connectivity index (χ2n) is 6.66. The van der Waals surface area contributed by atoms with E-state index < -0.39 is 0 Å². The van der Waals surface area contributed by atoms with Crippen molar-refractivity contribution in [1.82, 2.24) is 20.4 Å². The largest absolute Gasteiger partial charge is 0.371 e. The fourth-order valence-electron chi connectivity index (χ4n) is 3.12. The Kier molecular flexibility index (Phi) is 9.38. The molecule has 144 valence electrons. The van der Waals surface area contributed by atoms with Crippen LogP contribution >= 0.6 is 12.4 Å². The molecule has 2 heterocycles. The highest BCUT2D eigenvalue weighted by atomic mass is 35.5. The van der Waals surface area contributed by atoms with Crippen molar-refractivity contribution < 1.29 is 14.1 Å². The molecule has 1 aromatic rings. The molecule has 1 aromatic heterocycles. The third kappa shape index (κ3) is 6.56. The van der Waals surface area contributed by atoms with Gasteiger partial charge in [-0.25, -0.2) is 0 Å². The summed E-state index contributed by atoms with van der Waals surface area (Å²) >= 11 is 0. The number of nitrogens with one attached hydrogen (secondary N) is 1. The van der Waals surface area contributed by atoms with E-state index in [0.29, 0.717) is 43.1 Å². The number of carbonyl (C=O) groups excluding carboxylic acids is 1. The van der Waals surface area contributed by atoms with E-state index in [9.17, 15) is 4.79 Å². The van der Waals surface area contributed by atoms with Crippen LogP contribution < -0.4 is 5.32 Å². The first kappa shape index (κ1) is 21.9. The molecular weight excluding hydrogens is 344 g/mol. The molecule has 0 spiro atoms. The first-order chi connectivity index (χ1) is 11.5. The van der Waals surface area contributed by atoms with Crippen LogP contribution in [0.25, 0.3) is 0 Å². The fraction of sp³-hybridized carbons (Fsp3) is 0.824. The molecule has 0 radical (unpaired) electrons. The van der Waals surface area contributed by atoms with Crippen LogP contribution in [0.15, 0.2) is 4.52 Å². The maximum absolute atomic E-state index is 12.4. The van der Waals surface area contributed by atoms with Crippen LogP contribution in [0.4, 0.5) is 0 Å². The summed E-state index contributed by atoms with van der Waals surface area (Å²) in [4.78, 5) is 18.4. The highest BCUT2D eigenvalue weighted by Crippen LogP contribution is 2.25. The van der Waals surface area contributed by atoms with Crippen LogP contribution in [0.5, 0.6) is 0 Å².